The number of thioether (sulfide) groups is 1. The monoisotopic (exact) mass is 307 g/mol. The highest BCUT2D eigenvalue weighted by Gasteiger charge is 2.19. The maximum absolute atomic E-state index is 6.22. The minimum Gasteiger partial charge on any atom is -0.383 e. The van der Waals surface area contributed by atoms with Gasteiger partial charge in [0.2, 0.25) is 0 Å². The van der Waals surface area contributed by atoms with E-state index in [9.17, 15) is 0 Å². The number of nitrogens with two attached hydrogens (primary N) is 1. The molecule has 2 aromatic rings. The Morgan fingerprint density at radius 2 is 2.05 bits per heavy atom. The van der Waals surface area contributed by atoms with Gasteiger partial charge in [0.15, 0.2) is 5.16 Å². The molecule has 3 rings (SSSR count). The molecule has 1 aliphatic rings. The average molecular weight is 307 g/mol. The second-order valence-electron chi connectivity index (χ2n) is 5.34. The number of thiophene rings is 1. The van der Waals surface area contributed by atoms with Gasteiger partial charge in [-0.05, 0) is 37.7 Å². The average Bonchev–Trinajstić information content (AvgIpc) is 2.62. The lowest BCUT2D eigenvalue weighted by atomic mass is 10.1. The summed E-state index contributed by atoms with van der Waals surface area (Å²) in [4.78, 5) is 11.8. The molecule has 0 bridgehead atoms. The Morgan fingerprint density at radius 3 is 2.90 bits per heavy atom. The molecule has 5 heteroatoms. The highest BCUT2D eigenvalue weighted by molar-refractivity contribution is 7.99. The SMILES string of the molecule is CCCCSc1nc(N)c2c3c(sc2n1)CCCCC3. The molecular formula is C15H21N3S2. The second-order valence-corrected chi connectivity index (χ2v) is 7.48. The zero-order chi connectivity index (χ0) is 13.9. The number of anilines is 1. The summed E-state index contributed by atoms with van der Waals surface area (Å²) in [6.45, 7) is 2.20. The lowest BCUT2D eigenvalue weighted by molar-refractivity contribution is 0.713. The van der Waals surface area contributed by atoms with Crippen molar-refractivity contribution in [2.45, 2.75) is 57.0 Å². The summed E-state index contributed by atoms with van der Waals surface area (Å²) >= 11 is 3.56. The third kappa shape index (κ3) is 2.79. The zero-order valence-corrected chi connectivity index (χ0v) is 13.6. The van der Waals surface area contributed by atoms with Gasteiger partial charge in [0.25, 0.3) is 0 Å². The van der Waals surface area contributed by atoms with Crippen LogP contribution in [0.2, 0.25) is 0 Å². The highest BCUT2D eigenvalue weighted by atomic mass is 32.2. The topological polar surface area (TPSA) is 51.8 Å². The Morgan fingerprint density at radius 1 is 1.20 bits per heavy atom. The first-order chi connectivity index (χ1) is 9.79. The predicted molar refractivity (Wildman–Crippen MR) is 88.7 cm³/mol. The fourth-order valence-corrected chi connectivity index (χ4v) is 4.98. The van der Waals surface area contributed by atoms with Gasteiger partial charge in [0, 0.05) is 10.6 Å². The van der Waals surface area contributed by atoms with Crippen LogP contribution in [-0.4, -0.2) is 15.7 Å². The van der Waals surface area contributed by atoms with E-state index in [2.05, 4.69) is 11.9 Å². The fraction of sp³-hybridized carbons (Fsp3) is 0.600. The normalized spacial score (nSPS) is 15.2. The first-order valence-corrected chi connectivity index (χ1v) is 9.30. The van der Waals surface area contributed by atoms with Crippen LogP contribution in [0.15, 0.2) is 5.16 Å². The molecule has 0 atom stereocenters. The van der Waals surface area contributed by atoms with Crippen molar-refractivity contribution < 1.29 is 0 Å². The van der Waals surface area contributed by atoms with Crippen LogP contribution in [0.1, 0.15) is 49.5 Å². The van der Waals surface area contributed by atoms with E-state index < -0.39 is 0 Å². The Bertz CT molecular complexity index is 607. The zero-order valence-electron chi connectivity index (χ0n) is 11.9. The molecule has 0 aromatic carbocycles. The Hall–Kier alpha value is -0.810. The summed E-state index contributed by atoms with van der Waals surface area (Å²) in [5.41, 5.74) is 7.66. The molecular weight excluding hydrogens is 286 g/mol. The first kappa shape index (κ1) is 14.1. The van der Waals surface area contributed by atoms with Gasteiger partial charge >= 0.3 is 0 Å². The van der Waals surface area contributed by atoms with Crippen molar-refractivity contribution >= 4 is 39.1 Å². The van der Waals surface area contributed by atoms with E-state index in [4.69, 9.17) is 10.7 Å². The van der Waals surface area contributed by atoms with E-state index in [1.165, 1.54) is 49.0 Å². The predicted octanol–water partition coefficient (Wildman–Crippen LogP) is 4.43. The van der Waals surface area contributed by atoms with Crippen LogP contribution in [0.4, 0.5) is 5.82 Å². The van der Waals surface area contributed by atoms with Gasteiger partial charge in [0.1, 0.15) is 10.6 Å². The van der Waals surface area contributed by atoms with Crippen molar-refractivity contribution in [3.8, 4) is 0 Å². The number of aromatic nitrogens is 2. The molecule has 0 aliphatic heterocycles. The molecule has 0 saturated carbocycles. The molecule has 1 aliphatic carbocycles. The number of hydrogen-bond acceptors (Lipinski definition) is 5. The Kier molecular flexibility index (Phi) is 4.46. The molecule has 0 fully saturated rings. The summed E-state index contributed by atoms with van der Waals surface area (Å²) in [6.07, 6.45) is 8.63. The summed E-state index contributed by atoms with van der Waals surface area (Å²) in [5.74, 6) is 1.76. The largest absolute Gasteiger partial charge is 0.383 e. The van der Waals surface area contributed by atoms with Gasteiger partial charge in [-0.1, -0.05) is 31.5 Å². The van der Waals surface area contributed by atoms with Gasteiger partial charge in [-0.15, -0.1) is 11.3 Å². The van der Waals surface area contributed by atoms with E-state index in [-0.39, 0.29) is 0 Å². The first-order valence-electron chi connectivity index (χ1n) is 7.50. The molecule has 0 amide bonds. The molecule has 0 unspecified atom stereocenters. The third-order valence-corrected chi connectivity index (χ3v) is 5.92. The molecule has 0 radical (unpaired) electrons. The van der Waals surface area contributed by atoms with Crippen LogP contribution >= 0.6 is 23.1 Å². The molecule has 2 aromatic heterocycles. The standard InChI is InChI=1S/C15H21N3S2/c1-2-3-9-19-15-17-13(16)12-10-7-5-4-6-8-11(10)20-14(12)18-15/h2-9H2,1H3,(H2,16,17,18). The van der Waals surface area contributed by atoms with Gasteiger partial charge in [0.05, 0.1) is 5.39 Å². The van der Waals surface area contributed by atoms with Gasteiger partial charge < -0.3 is 5.73 Å². The minimum absolute atomic E-state index is 0.688. The molecule has 2 N–H and O–H groups in total. The number of aryl methyl sites for hydroxylation is 2. The van der Waals surface area contributed by atoms with Gasteiger partial charge in [-0.2, -0.15) is 0 Å². The highest BCUT2D eigenvalue weighted by Crippen LogP contribution is 2.37. The van der Waals surface area contributed by atoms with Crippen molar-refractivity contribution in [1.29, 1.82) is 0 Å². The minimum atomic E-state index is 0.688. The fourth-order valence-electron chi connectivity index (χ4n) is 2.71. The number of nitrogen functional groups attached to an aromatic ring is 1. The van der Waals surface area contributed by atoms with Crippen molar-refractivity contribution in [2.24, 2.45) is 0 Å². The van der Waals surface area contributed by atoms with Crippen molar-refractivity contribution in [2.75, 3.05) is 11.5 Å². The van der Waals surface area contributed by atoms with Gasteiger partial charge in [-0.3, -0.25) is 0 Å². The van der Waals surface area contributed by atoms with Gasteiger partial charge in [-0.25, -0.2) is 9.97 Å². The molecule has 2 heterocycles. The number of fused-ring (bicyclic) bond motifs is 3. The van der Waals surface area contributed by atoms with E-state index >= 15 is 0 Å². The number of hydrogen-bond donors (Lipinski definition) is 1. The van der Waals surface area contributed by atoms with Crippen molar-refractivity contribution in [3.63, 3.8) is 0 Å². The number of unbranched alkanes of at least 4 members (excludes halogenated alkanes) is 1. The van der Waals surface area contributed by atoms with Crippen LogP contribution in [0.25, 0.3) is 10.2 Å². The lowest BCUT2D eigenvalue weighted by Crippen LogP contribution is -1.97. The summed E-state index contributed by atoms with van der Waals surface area (Å²) in [5, 5.41) is 1.99. The van der Waals surface area contributed by atoms with Crippen molar-refractivity contribution in [1.82, 2.24) is 9.97 Å². The number of nitrogens with zero attached hydrogens (tertiary/aromatic N) is 2. The summed E-state index contributed by atoms with van der Waals surface area (Å²) < 4.78 is 0. The van der Waals surface area contributed by atoms with Crippen LogP contribution in [0, 0.1) is 0 Å². The van der Waals surface area contributed by atoms with E-state index in [0.29, 0.717) is 5.82 Å². The summed E-state index contributed by atoms with van der Waals surface area (Å²) in [7, 11) is 0. The molecule has 108 valence electrons. The molecule has 20 heavy (non-hydrogen) atoms. The van der Waals surface area contributed by atoms with Crippen LogP contribution in [0.5, 0.6) is 0 Å². The molecule has 3 nitrogen and oxygen atoms in total. The lowest BCUT2D eigenvalue weighted by Gasteiger charge is -2.04. The smallest absolute Gasteiger partial charge is 0.190 e. The van der Waals surface area contributed by atoms with E-state index in [0.717, 1.165) is 27.5 Å². The maximum atomic E-state index is 6.22. The van der Waals surface area contributed by atoms with Crippen LogP contribution in [0.3, 0.4) is 0 Å². The quantitative estimate of drug-likeness (QED) is 0.393. The Labute approximate surface area is 128 Å². The van der Waals surface area contributed by atoms with E-state index in [1.807, 2.05) is 11.3 Å². The maximum Gasteiger partial charge on any atom is 0.190 e. The van der Waals surface area contributed by atoms with Crippen molar-refractivity contribution in [3.05, 3.63) is 10.4 Å². The Balaban J connectivity index is 1.96. The number of rotatable bonds is 4. The second kappa shape index (κ2) is 6.31. The van der Waals surface area contributed by atoms with E-state index in [1.54, 1.807) is 11.8 Å². The molecule has 0 saturated heterocycles. The van der Waals surface area contributed by atoms with Crippen LogP contribution < -0.4 is 5.73 Å². The van der Waals surface area contributed by atoms with Crippen LogP contribution in [-0.2, 0) is 12.8 Å². The molecule has 0 spiro atoms. The summed E-state index contributed by atoms with van der Waals surface area (Å²) in [6, 6.07) is 0. The third-order valence-electron chi connectivity index (χ3n) is 3.80.